The lowest BCUT2D eigenvalue weighted by Gasteiger charge is -2.00. The van der Waals surface area contributed by atoms with Crippen LogP contribution < -0.4 is 5.32 Å². The molecule has 0 saturated carbocycles. The van der Waals surface area contributed by atoms with Gasteiger partial charge < -0.3 is 14.8 Å². The van der Waals surface area contributed by atoms with Gasteiger partial charge in [0, 0.05) is 0 Å². The molecule has 1 heterocycles. The molecule has 84 valence electrons. The minimum absolute atomic E-state index is 0.000332. The molecule has 0 fully saturated rings. The molecule has 1 aromatic rings. The van der Waals surface area contributed by atoms with E-state index in [0.717, 1.165) is 13.0 Å². The molecule has 0 aliphatic heterocycles. The first-order chi connectivity index (χ1) is 7.24. The molecular weight excluding hydrogens is 194 g/mol. The Morgan fingerprint density at radius 2 is 2.27 bits per heavy atom. The Hall–Kier alpha value is -1.29. The Bertz CT molecular complexity index is 307. The van der Waals surface area contributed by atoms with Crippen LogP contribution in [0.2, 0.25) is 0 Å². The summed E-state index contributed by atoms with van der Waals surface area (Å²) < 4.78 is 5.09. The minimum atomic E-state index is -1.02. The zero-order chi connectivity index (χ0) is 11.1. The van der Waals surface area contributed by atoms with Gasteiger partial charge in [0.2, 0.25) is 5.76 Å². The van der Waals surface area contributed by atoms with Crippen LogP contribution in [-0.2, 0) is 6.54 Å². The molecule has 4 nitrogen and oxygen atoms in total. The van der Waals surface area contributed by atoms with E-state index in [1.807, 2.05) is 0 Å². The Kier molecular flexibility index (Phi) is 4.90. The number of hydrogen-bond donors (Lipinski definition) is 2. The number of carboxylic acids is 1. The fourth-order valence-corrected chi connectivity index (χ4v) is 1.30. The van der Waals surface area contributed by atoms with Crippen LogP contribution in [0.3, 0.4) is 0 Å². The quantitative estimate of drug-likeness (QED) is 0.679. The van der Waals surface area contributed by atoms with Gasteiger partial charge in [0.05, 0.1) is 6.54 Å². The summed E-state index contributed by atoms with van der Waals surface area (Å²) in [6, 6.07) is 3.17. The van der Waals surface area contributed by atoms with E-state index in [2.05, 4.69) is 12.2 Å². The molecule has 1 rings (SSSR count). The third-order valence-electron chi connectivity index (χ3n) is 2.13. The van der Waals surface area contributed by atoms with Crippen LogP contribution in [-0.4, -0.2) is 17.6 Å². The number of carboxylic acid groups (broad SMARTS) is 1. The van der Waals surface area contributed by atoms with Gasteiger partial charge in [-0.1, -0.05) is 19.8 Å². The molecule has 4 heteroatoms. The summed E-state index contributed by atoms with van der Waals surface area (Å²) in [6.07, 6.45) is 3.56. The van der Waals surface area contributed by atoms with Crippen molar-refractivity contribution in [3.8, 4) is 0 Å². The van der Waals surface area contributed by atoms with Gasteiger partial charge >= 0.3 is 5.97 Å². The van der Waals surface area contributed by atoms with Crippen LogP contribution in [0, 0.1) is 0 Å². The number of hydrogen-bond acceptors (Lipinski definition) is 3. The zero-order valence-corrected chi connectivity index (χ0v) is 8.95. The lowest BCUT2D eigenvalue weighted by atomic mass is 10.2. The molecule has 0 saturated heterocycles. The van der Waals surface area contributed by atoms with Crippen molar-refractivity contribution >= 4 is 5.97 Å². The van der Waals surface area contributed by atoms with Gasteiger partial charge in [0.1, 0.15) is 5.76 Å². The second-order valence-corrected chi connectivity index (χ2v) is 3.45. The van der Waals surface area contributed by atoms with E-state index in [-0.39, 0.29) is 5.76 Å². The highest BCUT2D eigenvalue weighted by atomic mass is 16.4. The van der Waals surface area contributed by atoms with Crippen molar-refractivity contribution in [2.75, 3.05) is 6.54 Å². The predicted molar refractivity (Wildman–Crippen MR) is 56.9 cm³/mol. The van der Waals surface area contributed by atoms with Crippen molar-refractivity contribution in [3.63, 3.8) is 0 Å². The summed E-state index contributed by atoms with van der Waals surface area (Å²) in [5.74, 6) is -0.350. The maximum Gasteiger partial charge on any atom is 0.371 e. The van der Waals surface area contributed by atoms with E-state index in [4.69, 9.17) is 9.52 Å². The van der Waals surface area contributed by atoms with Gasteiger partial charge in [0.25, 0.3) is 0 Å². The zero-order valence-electron chi connectivity index (χ0n) is 8.95. The van der Waals surface area contributed by atoms with E-state index in [9.17, 15) is 4.79 Å². The number of carbonyl (C=O) groups is 1. The van der Waals surface area contributed by atoms with Gasteiger partial charge in [0.15, 0.2) is 0 Å². The first-order valence-corrected chi connectivity index (χ1v) is 5.26. The lowest BCUT2D eigenvalue weighted by molar-refractivity contribution is 0.0660. The van der Waals surface area contributed by atoms with E-state index >= 15 is 0 Å². The van der Waals surface area contributed by atoms with Crippen molar-refractivity contribution in [2.24, 2.45) is 0 Å². The second-order valence-electron chi connectivity index (χ2n) is 3.45. The van der Waals surface area contributed by atoms with Crippen molar-refractivity contribution in [3.05, 3.63) is 23.7 Å². The average Bonchev–Trinajstić information content (AvgIpc) is 2.66. The molecule has 2 N–H and O–H groups in total. The molecule has 0 amide bonds. The number of unbranched alkanes of at least 4 members (excludes halogenated alkanes) is 2. The molecule has 15 heavy (non-hydrogen) atoms. The average molecular weight is 211 g/mol. The Morgan fingerprint density at radius 3 is 2.87 bits per heavy atom. The number of nitrogens with one attached hydrogen (secondary N) is 1. The molecule has 0 atom stereocenters. The molecule has 1 aromatic heterocycles. The summed E-state index contributed by atoms with van der Waals surface area (Å²) >= 11 is 0. The number of rotatable bonds is 7. The van der Waals surface area contributed by atoms with Gasteiger partial charge in [-0.3, -0.25) is 0 Å². The topological polar surface area (TPSA) is 62.5 Å². The third kappa shape index (κ3) is 4.16. The summed E-state index contributed by atoms with van der Waals surface area (Å²) in [6.45, 7) is 3.69. The van der Waals surface area contributed by atoms with Crippen LogP contribution in [0.15, 0.2) is 16.5 Å². The highest BCUT2D eigenvalue weighted by molar-refractivity contribution is 5.84. The summed E-state index contributed by atoms with van der Waals surface area (Å²) in [5.41, 5.74) is 0. The Balaban J connectivity index is 2.23. The highest BCUT2D eigenvalue weighted by Gasteiger charge is 2.07. The molecule has 0 aliphatic carbocycles. The van der Waals surface area contributed by atoms with E-state index in [1.165, 1.54) is 18.9 Å². The second kappa shape index (κ2) is 6.24. The van der Waals surface area contributed by atoms with Gasteiger partial charge in [-0.2, -0.15) is 0 Å². The molecule has 0 unspecified atom stereocenters. The monoisotopic (exact) mass is 211 g/mol. The number of aromatic carboxylic acids is 1. The molecule has 0 radical (unpaired) electrons. The molecule has 0 aromatic carbocycles. The van der Waals surface area contributed by atoms with Crippen LogP contribution in [0.4, 0.5) is 0 Å². The summed E-state index contributed by atoms with van der Waals surface area (Å²) in [4.78, 5) is 10.5. The largest absolute Gasteiger partial charge is 0.475 e. The van der Waals surface area contributed by atoms with Crippen LogP contribution >= 0.6 is 0 Å². The Labute approximate surface area is 89.3 Å². The predicted octanol–water partition coefficient (Wildman–Crippen LogP) is 2.26. The molecule has 0 aliphatic rings. The molecule has 0 bridgehead atoms. The van der Waals surface area contributed by atoms with E-state index in [0.29, 0.717) is 12.3 Å². The minimum Gasteiger partial charge on any atom is -0.475 e. The van der Waals surface area contributed by atoms with Crippen molar-refractivity contribution in [2.45, 2.75) is 32.7 Å². The van der Waals surface area contributed by atoms with Crippen molar-refractivity contribution < 1.29 is 14.3 Å². The van der Waals surface area contributed by atoms with Crippen LogP contribution in [0.25, 0.3) is 0 Å². The highest BCUT2D eigenvalue weighted by Crippen LogP contribution is 2.07. The Morgan fingerprint density at radius 1 is 1.47 bits per heavy atom. The maximum atomic E-state index is 10.5. The normalized spacial score (nSPS) is 10.5. The smallest absolute Gasteiger partial charge is 0.371 e. The molecular formula is C11H17NO3. The van der Waals surface area contributed by atoms with E-state index in [1.54, 1.807) is 6.07 Å². The van der Waals surface area contributed by atoms with Gasteiger partial charge in [-0.25, -0.2) is 4.79 Å². The summed E-state index contributed by atoms with van der Waals surface area (Å²) in [5, 5.41) is 11.8. The lowest BCUT2D eigenvalue weighted by Crippen LogP contribution is -2.14. The first kappa shape index (κ1) is 11.8. The van der Waals surface area contributed by atoms with Gasteiger partial charge in [-0.05, 0) is 25.1 Å². The van der Waals surface area contributed by atoms with Crippen LogP contribution in [0.1, 0.15) is 42.5 Å². The SMILES string of the molecule is CCCCCNCc1ccc(C(=O)O)o1. The molecule has 0 spiro atoms. The van der Waals surface area contributed by atoms with Crippen molar-refractivity contribution in [1.29, 1.82) is 0 Å². The van der Waals surface area contributed by atoms with E-state index < -0.39 is 5.97 Å². The summed E-state index contributed by atoms with van der Waals surface area (Å²) in [7, 11) is 0. The van der Waals surface area contributed by atoms with Crippen molar-refractivity contribution in [1.82, 2.24) is 5.32 Å². The first-order valence-electron chi connectivity index (χ1n) is 5.26. The fourth-order valence-electron chi connectivity index (χ4n) is 1.30. The number of furan rings is 1. The standard InChI is InChI=1S/C11H17NO3/c1-2-3-4-7-12-8-9-5-6-10(15-9)11(13)14/h5-6,12H,2-4,7-8H2,1H3,(H,13,14). The fraction of sp³-hybridized carbons (Fsp3) is 0.545. The van der Waals surface area contributed by atoms with Crippen LogP contribution in [0.5, 0.6) is 0 Å². The van der Waals surface area contributed by atoms with Gasteiger partial charge in [-0.15, -0.1) is 0 Å². The maximum absolute atomic E-state index is 10.5. The third-order valence-corrected chi connectivity index (χ3v) is 2.13.